The Labute approximate surface area is 102 Å². The van der Waals surface area contributed by atoms with Crippen LogP contribution < -0.4 is 5.32 Å². The van der Waals surface area contributed by atoms with Crippen LogP contribution in [0.2, 0.25) is 0 Å². The van der Waals surface area contributed by atoms with E-state index in [0.29, 0.717) is 4.90 Å². The number of rotatable bonds is 3. The number of aromatic nitrogens is 2. The van der Waals surface area contributed by atoms with Gasteiger partial charge in [0.1, 0.15) is 4.90 Å². The molecular weight excluding hydrogens is 238 g/mol. The van der Waals surface area contributed by atoms with E-state index in [0.717, 1.165) is 38.0 Å². The van der Waals surface area contributed by atoms with Crippen molar-refractivity contribution >= 4 is 9.84 Å². The van der Waals surface area contributed by atoms with Crippen LogP contribution in [0.1, 0.15) is 25.5 Å². The highest BCUT2D eigenvalue weighted by Crippen LogP contribution is 2.31. The zero-order valence-corrected chi connectivity index (χ0v) is 11.1. The van der Waals surface area contributed by atoms with Crippen molar-refractivity contribution in [1.82, 2.24) is 15.5 Å². The molecule has 1 atom stereocenters. The lowest BCUT2D eigenvalue weighted by atomic mass is 9.79. The van der Waals surface area contributed by atoms with E-state index in [-0.39, 0.29) is 5.41 Å². The van der Waals surface area contributed by atoms with Gasteiger partial charge >= 0.3 is 0 Å². The minimum atomic E-state index is -3.18. The Bertz CT molecular complexity index is 487. The number of nitrogens with zero attached hydrogens (tertiary/aromatic N) is 1. The van der Waals surface area contributed by atoms with E-state index in [1.165, 1.54) is 12.5 Å². The number of aromatic amines is 1. The predicted octanol–water partition coefficient (Wildman–Crippen LogP) is 0.745. The molecule has 17 heavy (non-hydrogen) atoms. The van der Waals surface area contributed by atoms with E-state index >= 15 is 0 Å². The molecule has 2 heterocycles. The van der Waals surface area contributed by atoms with Crippen LogP contribution in [0.5, 0.6) is 0 Å². The summed E-state index contributed by atoms with van der Waals surface area (Å²) in [6.45, 7) is 4.17. The maximum atomic E-state index is 11.6. The molecular formula is C11H19N3O2S. The Morgan fingerprint density at radius 2 is 2.29 bits per heavy atom. The summed E-state index contributed by atoms with van der Waals surface area (Å²) in [6.07, 6.45) is 5.61. The highest BCUT2D eigenvalue weighted by molar-refractivity contribution is 7.90. The Hall–Kier alpha value is -0.880. The van der Waals surface area contributed by atoms with Crippen LogP contribution in [0, 0.1) is 5.41 Å². The largest absolute Gasteiger partial charge is 0.316 e. The van der Waals surface area contributed by atoms with Crippen LogP contribution in [-0.4, -0.2) is 38.0 Å². The van der Waals surface area contributed by atoms with Crippen molar-refractivity contribution in [2.75, 3.05) is 19.3 Å². The molecule has 0 bridgehead atoms. The third-order valence-electron chi connectivity index (χ3n) is 3.37. The fourth-order valence-electron chi connectivity index (χ4n) is 2.44. The molecule has 0 aliphatic carbocycles. The molecule has 1 fully saturated rings. The van der Waals surface area contributed by atoms with E-state index < -0.39 is 9.84 Å². The molecule has 2 rings (SSSR count). The number of sulfone groups is 1. The van der Waals surface area contributed by atoms with Crippen LogP contribution in [0.3, 0.4) is 0 Å². The SMILES string of the molecule is CC1(Cc2[nH]ncc2S(C)(=O)=O)CCCNC1. The molecule has 0 aromatic carbocycles. The van der Waals surface area contributed by atoms with E-state index in [9.17, 15) is 8.42 Å². The summed E-state index contributed by atoms with van der Waals surface area (Å²) in [7, 11) is -3.18. The molecule has 0 saturated carbocycles. The summed E-state index contributed by atoms with van der Waals surface area (Å²) in [5.74, 6) is 0. The highest BCUT2D eigenvalue weighted by atomic mass is 32.2. The predicted molar refractivity (Wildman–Crippen MR) is 65.6 cm³/mol. The molecule has 2 N–H and O–H groups in total. The summed E-state index contributed by atoms with van der Waals surface area (Å²) in [6, 6.07) is 0. The molecule has 1 aromatic heterocycles. The van der Waals surface area contributed by atoms with Gasteiger partial charge < -0.3 is 5.32 Å². The number of hydrogen-bond acceptors (Lipinski definition) is 4. The van der Waals surface area contributed by atoms with Gasteiger partial charge in [-0.1, -0.05) is 6.92 Å². The summed E-state index contributed by atoms with van der Waals surface area (Å²) >= 11 is 0. The molecule has 0 spiro atoms. The van der Waals surface area contributed by atoms with Crippen LogP contribution >= 0.6 is 0 Å². The van der Waals surface area contributed by atoms with Gasteiger partial charge in [0, 0.05) is 12.8 Å². The van der Waals surface area contributed by atoms with Gasteiger partial charge in [0.25, 0.3) is 0 Å². The average molecular weight is 257 g/mol. The Kier molecular flexibility index (Phi) is 3.27. The van der Waals surface area contributed by atoms with E-state index in [1.807, 2.05) is 0 Å². The fraction of sp³-hybridized carbons (Fsp3) is 0.727. The fourth-order valence-corrected chi connectivity index (χ4v) is 3.25. The van der Waals surface area contributed by atoms with Gasteiger partial charge in [-0.3, -0.25) is 5.10 Å². The normalized spacial score (nSPS) is 26.0. The zero-order valence-electron chi connectivity index (χ0n) is 10.3. The van der Waals surface area contributed by atoms with Crippen molar-refractivity contribution in [2.24, 2.45) is 5.41 Å². The first-order chi connectivity index (χ1) is 7.91. The molecule has 1 saturated heterocycles. The topological polar surface area (TPSA) is 74.8 Å². The number of piperidine rings is 1. The molecule has 96 valence electrons. The number of nitrogens with one attached hydrogen (secondary N) is 2. The third kappa shape index (κ3) is 2.87. The molecule has 0 radical (unpaired) electrons. The van der Waals surface area contributed by atoms with E-state index in [1.54, 1.807) is 0 Å². The van der Waals surface area contributed by atoms with Gasteiger partial charge in [0.15, 0.2) is 9.84 Å². The molecule has 1 aliphatic heterocycles. The number of H-pyrrole nitrogens is 1. The first kappa shape index (κ1) is 12.6. The average Bonchev–Trinajstić information content (AvgIpc) is 2.65. The molecule has 6 heteroatoms. The summed E-state index contributed by atoms with van der Waals surface area (Å²) in [4.78, 5) is 0.337. The standard InChI is InChI=1S/C11H19N3O2S/c1-11(4-3-5-12-8-11)6-9-10(7-13-14-9)17(2,15)16/h7,12H,3-6,8H2,1-2H3,(H,13,14). The maximum absolute atomic E-state index is 11.6. The first-order valence-corrected chi connectivity index (χ1v) is 7.73. The molecule has 1 aromatic rings. The second-order valence-electron chi connectivity index (χ2n) is 5.25. The van der Waals surface area contributed by atoms with Crippen molar-refractivity contribution in [3.8, 4) is 0 Å². The van der Waals surface area contributed by atoms with E-state index in [2.05, 4.69) is 22.4 Å². The lowest BCUT2D eigenvalue weighted by molar-refractivity contribution is 0.231. The first-order valence-electron chi connectivity index (χ1n) is 5.84. The van der Waals surface area contributed by atoms with Gasteiger partial charge in [-0.25, -0.2) is 8.42 Å². The van der Waals surface area contributed by atoms with Gasteiger partial charge in [-0.15, -0.1) is 0 Å². The molecule has 1 aliphatic rings. The van der Waals surface area contributed by atoms with Gasteiger partial charge in [-0.2, -0.15) is 5.10 Å². The lowest BCUT2D eigenvalue weighted by Gasteiger charge is -2.33. The number of hydrogen-bond donors (Lipinski definition) is 2. The Morgan fingerprint density at radius 3 is 2.88 bits per heavy atom. The lowest BCUT2D eigenvalue weighted by Crippen LogP contribution is -2.39. The highest BCUT2D eigenvalue weighted by Gasteiger charge is 2.29. The summed E-state index contributed by atoms with van der Waals surface area (Å²) < 4.78 is 23.2. The minimum absolute atomic E-state index is 0.115. The van der Waals surface area contributed by atoms with Crippen LogP contribution in [0.4, 0.5) is 0 Å². The Balaban J connectivity index is 2.21. The minimum Gasteiger partial charge on any atom is -0.316 e. The van der Waals surface area contributed by atoms with Gasteiger partial charge in [0.05, 0.1) is 11.9 Å². The summed E-state index contributed by atoms with van der Waals surface area (Å²) in [5.41, 5.74) is 0.850. The van der Waals surface area contributed by atoms with E-state index in [4.69, 9.17) is 0 Å². The van der Waals surface area contributed by atoms with Gasteiger partial charge in [-0.05, 0) is 31.2 Å². The second kappa shape index (κ2) is 4.42. The van der Waals surface area contributed by atoms with Crippen molar-refractivity contribution in [3.05, 3.63) is 11.9 Å². The Morgan fingerprint density at radius 1 is 1.53 bits per heavy atom. The van der Waals surface area contributed by atoms with Crippen molar-refractivity contribution in [2.45, 2.75) is 31.1 Å². The quantitative estimate of drug-likeness (QED) is 0.837. The van der Waals surface area contributed by atoms with Gasteiger partial charge in [0.2, 0.25) is 0 Å². The van der Waals surface area contributed by atoms with Crippen molar-refractivity contribution < 1.29 is 8.42 Å². The maximum Gasteiger partial charge on any atom is 0.178 e. The van der Waals surface area contributed by atoms with Crippen LogP contribution in [-0.2, 0) is 16.3 Å². The molecule has 0 amide bonds. The molecule has 1 unspecified atom stereocenters. The van der Waals surface area contributed by atoms with Crippen molar-refractivity contribution in [3.63, 3.8) is 0 Å². The molecule has 5 nitrogen and oxygen atoms in total. The zero-order chi connectivity index (χ0) is 12.5. The second-order valence-corrected chi connectivity index (χ2v) is 7.24. The van der Waals surface area contributed by atoms with Crippen LogP contribution in [0.25, 0.3) is 0 Å². The smallest absolute Gasteiger partial charge is 0.178 e. The van der Waals surface area contributed by atoms with Crippen LogP contribution in [0.15, 0.2) is 11.1 Å². The monoisotopic (exact) mass is 257 g/mol. The third-order valence-corrected chi connectivity index (χ3v) is 4.52. The summed E-state index contributed by atoms with van der Waals surface area (Å²) in [5, 5.41) is 10.1. The van der Waals surface area contributed by atoms with Crippen molar-refractivity contribution in [1.29, 1.82) is 0 Å².